The fourth-order valence-electron chi connectivity index (χ4n) is 2.30. The summed E-state index contributed by atoms with van der Waals surface area (Å²) >= 11 is 0. The van der Waals surface area contributed by atoms with Crippen molar-refractivity contribution in [2.75, 3.05) is 5.43 Å². The van der Waals surface area contributed by atoms with Crippen molar-refractivity contribution in [3.05, 3.63) is 30.6 Å². The second-order valence-corrected chi connectivity index (χ2v) is 4.59. The van der Waals surface area contributed by atoms with Gasteiger partial charge in [0.1, 0.15) is 6.33 Å². The maximum Gasteiger partial charge on any atom is 0.157 e. The third-order valence-corrected chi connectivity index (χ3v) is 3.29. The van der Waals surface area contributed by atoms with Crippen LogP contribution in [0.4, 0.5) is 5.82 Å². The SMILES string of the molecule is c1ccc2c(NN=C3CCCCC3)ncnc2c1. The molecule has 4 heteroatoms. The zero-order chi connectivity index (χ0) is 12.2. The van der Waals surface area contributed by atoms with E-state index < -0.39 is 0 Å². The Morgan fingerprint density at radius 2 is 1.83 bits per heavy atom. The Kier molecular flexibility index (Phi) is 3.17. The van der Waals surface area contributed by atoms with E-state index in [-0.39, 0.29) is 0 Å². The predicted molar refractivity (Wildman–Crippen MR) is 73.7 cm³/mol. The van der Waals surface area contributed by atoms with Gasteiger partial charge in [-0.1, -0.05) is 18.6 Å². The van der Waals surface area contributed by atoms with Gasteiger partial charge >= 0.3 is 0 Å². The molecule has 4 nitrogen and oxygen atoms in total. The molecule has 0 unspecified atom stereocenters. The standard InChI is InChI=1S/C14H16N4/c1-2-6-11(7-3-1)17-18-14-12-8-4-5-9-13(12)15-10-16-14/h4-5,8-10H,1-3,6-7H2,(H,15,16,18). The van der Waals surface area contributed by atoms with Gasteiger partial charge in [0.25, 0.3) is 0 Å². The molecule has 1 saturated carbocycles. The molecular formula is C14H16N4. The molecule has 0 spiro atoms. The van der Waals surface area contributed by atoms with Crippen molar-refractivity contribution in [1.29, 1.82) is 0 Å². The van der Waals surface area contributed by atoms with Crippen molar-refractivity contribution in [2.24, 2.45) is 5.10 Å². The van der Waals surface area contributed by atoms with Gasteiger partial charge in [-0.3, -0.25) is 5.43 Å². The first-order valence-electron chi connectivity index (χ1n) is 6.45. The number of aromatic nitrogens is 2. The van der Waals surface area contributed by atoms with Crippen molar-refractivity contribution in [1.82, 2.24) is 9.97 Å². The summed E-state index contributed by atoms with van der Waals surface area (Å²) in [6, 6.07) is 7.96. The van der Waals surface area contributed by atoms with Crippen LogP contribution in [0.3, 0.4) is 0 Å². The van der Waals surface area contributed by atoms with E-state index in [2.05, 4.69) is 20.5 Å². The molecular weight excluding hydrogens is 224 g/mol. The summed E-state index contributed by atoms with van der Waals surface area (Å²) in [6.45, 7) is 0. The third-order valence-electron chi connectivity index (χ3n) is 3.29. The number of fused-ring (bicyclic) bond motifs is 1. The van der Waals surface area contributed by atoms with E-state index in [4.69, 9.17) is 0 Å². The highest BCUT2D eigenvalue weighted by atomic mass is 15.3. The summed E-state index contributed by atoms with van der Waals surface area (Å²) in [4.78, 5) is 8.50. The second-order valence-electron chi connectivity index (χ2n) is 4.59. The Hall–Kier alpha value is -1.97. The molecule has 1 aromatic carbocycles. The first-order valence-corrected chi connectivity index (χ1v) is 6.45. The van der Waals surface area contributed by atoms with Crippen LogP contribution in [0.2, 0.25) is 0 Å². The number of hydrazone groups is 1. The molecule has 1 aliphatic rings. The van der Waals surface area contributed by atoms with Gasteiger partial charge in [0.05, 0.1) is 5.52 Å². The quantitative estimate of drug-likeness (QED) is 0.819. The van der Waals surface area contributed by atoms with Gasteiger partial charge in [-0.2, -0.15) is 5.10 Å². The molecule has 3 rings (SSSR count). The normalized spacial score (nSPS) is 15.7. The zero-order valence-corrected chi connectivity index (χ0v) is 10.3. The van der Waals surface area contributed by atoms with Crippen LogP contribution in [-0.4, -0.2) is 15.7 Å². The minimum Gasteiger partial charge on any atom is -0.261 e. The lowest BCUT2D eigenvalue weighted by atomic mass is 9.99. The average Bonchev–Trinajstić information content (AvgIpc) is 2.46. The first kappa shape index (κ1) is 11.1. The molecule has 92 valence electrons. The van der Waals surface area contributed by atoms with Crippen molar-refractivity contribution in [2.45, 2.75) is 32.1 Å². The number of hydrogen-bond donors (Lipinski definition) is 1. The smallest absolute Gasteiger partial charge is 0.157 e. The molecule has 1 aromatic heterocycles. The van der Waals surface area contributed by atoms with Gasteiger partial charge in [-0.05, 0) is 37.8 Å². The van der Waals surface area contributed by atoms with E-state index in [9.17, 15) is 0 Å². The number of anilines is 1. The van der Waals surface area contributed by atoms with Gasteiger partial charge in [-0.25, -0.2) is 9.97 Å². The van der Waals surface area contributed by atoms with Gasteiger partial charge < -0.3 is 0 Å². The number of para-hydroxylation sites is 1. The number of rotatable bonds is 2. The molecule has 18 heavy (non-hydrogen) atoms. The monoisotopic (exact) mass is 240 g/mol. The average molecular weight is 240 g/mol. The largest absolute Gasteiger partial charge is 0.261 e. The summed E-state index contributed by atoms with van der Waals surface area (Å²) in [5.74, 6) is 0.790. The molecule has 1 aliphatic carbocycles. The highest BCUT2D eigenvalue weighted by molar-refractivity contribution is 5.90. The highest BCUT2D eigenvalue weighted by Crippen LogP contribution is 2.19. The van der Waals surface area contributed by atoms with E-state index in [0.29, 0.717) is 0 Å². The Balaban J connectivity index is 1.86. The molecule has 0 atom stereocenters. The van der Waals surface area contributed by atoms with Gasteiger partial charge in [0.2, 0.25) is 0 Å². The molecule has 2 aromatic rings. The maximum absolute atomic E-state index is 4.48. The molecule has 0 saturated heterocycles. The number of hydrogen-bond acceptors (Lipinski definition) is 4. The van der Waals surface area contributed by atoms with Crippen molar-refractivity contribution >= 4 is 22.4 Å². The Labute approximate surface area is 106 Å². The third kappa shape index (κ3) is 2.32. The minimum atomic E-state index is 0.790. The summed E-state index contributed by atoms with van der Waals surface area (Å²) in [5, 5.41) is 5.49. The Morgan fingerprint density at radius 3 is 2.72 bits per heavy atom. The molecule has 0 bridgehead atoms. The molecule has 1 N–H and O–H groups in total. The number of benzene rings is 1. The van der Waals surface area contributed by atoms with E-state index in [1.807, 2.05) is 24.3 Å². The van der Waals surface area contributed by atoms with E-state index in [1.165, 1.54) is 25.0 Å². The molecule has 0 amide bonds. The zero-order valence-electron chi connectivity index (χ0n) is 10.3. The molecule has 0 aliphatic heterocycles. The van der Waals surface area contributed by atoms with Crippen LogP contribution in [0.25, 0.3) is 10.9 Å². The summed E-state index contributed by atoms with van der Waals surface area (Å²) in [6.07, 6.45) is 7.63. The second kappa shape index (κ2) is 5.12. The van der Waals surface area contributed by atoms with Crippen molar-refractivity contribution < 1.29 is 0 Å². The molecule has 1 heterocycles. The van der Waals surface area contributed by atoms with E-state index >= 15 is 0 Å². The summed E-state index contributed by atoms with van der Waals surface area (Å²) < 4.78 is 0. The van der Waals surface area contributed by atoms with Crippen LogP contribution in [0.15, 0.2) is 35.7 Å². The fourth-order valence-corrected chi connectivity index (χ4v) is 2.30. The van der Waals surface area contributed by atoms with Gasteiger partial charge in [-0.15, -0.1) is 0 Å². The Bertz CT molecular complexity index is 564. The van der Waals surface area contributed by atoms with Crippen LogP contribution in [0.1, 0.15) is 32.1 Å². The van der Waals surface area contributed by atoms with Crippen molar-refractivity contribution in [3.8, 4) is 0 Å². The molecule has 0 radical (unpaired) electrons. The lowest BCUT2D eigenvalue weighted by Gasteiger charge is -2.12. The fraction of sp³-hybridized carbons (Fsp3) is 0.357. The van der Waals surface area contributed by atoms with E-state index in [1.54, 1.807) is 6.33 Å². The van der Waals surface area contributed by atoms with Crippen molar-refractivity contribution in [3.63, 3.8) is 0 Å². The van der Waals surface area contributed by atoms with Crippen LogP contribution in [0.5, 0.6) is 0 Å². The number of nitrogens with zero attached hydrogens (tertiary/aromatic N) is 3. The summed E-state index contributed by atoms with van der Waals surface area (Å²) in [7, 11) is 0. The Morgan fingerprint density at radius 1 is 1.00 bits per heavy atom. The lowest BCUT2D eigenvalue weighted by molar-refractivity contribution is 0.665. The van der Waals surface area contributed by atoms with E-state index in [0.717, 1.165) is 29.6 Å². The maximum atomic E-state index is 4.48. The van der Waals surface area contributed by atoms with Crippen LogP contribution < -0.4 is 5.43 Å². The predicted octanol–water partition coefficient (Wildman–Crippen LogP) is 3.36. The summed E-state index contributed by atoms with van der Waals surface area (Å²) in [5.41, 5.74) is 5.29. The van der Waals surface area contributed by atoms with Crippen LogP contribution in [0, 0.1) is 0 Å². The number of nitrogens with one attached hydrogen (secondary N) is 1. The highest BCUT2D eigenvalue weighted by Gasteiger charge is 2.07. The topological polar surface area (TPSA) is 50.2 Å². The van der Waals surface area contributed by atoms with Gasteiger partial charge in [0.15, 0.2) is 5.82 Å². The first-order chi connectivity index (χ1) is 8.93. The van der Waals surface area contributed by atoms with Crippen LogP contribution >= 0.6 is 0 Å². The van der Waals surface area contributed by atoms with Gasteiger partial charge in [0, 0.05) is 11.1 Å². The molecule has 1 fully saturated rings. The van der Waals surface area contributed by atoms with Crippen LogP contribution in [-0.2, 0) is 0 Å². The minimum absolute atomic E-state index is 0.790. The lowest BCUT2D eigenvalue weighted by Crippen LogP contribution is -2.07.